The van der Waals surface area contributed by atoms with Crippen LogP contribution in [-0.2, 0) is 14.3 Å². The number of rotatable bonds is 1. The SMILES string of the molecule is COC(=O)C1CC(=O)C(C)C1. The number of ether oxygens (including phenoxy) is 1. The van der Waals surface area contributed by atoms with Crippen molar-refractivity contribution < 1.29 is 14.3 Å². The van der Waals surface area contributed by atoms with E-state index in [0.29, 0.717) is 12.8 Å². The Balaban J connectivity index is 2.53. The van der Waals surface area contributed by atoms with Gasteiger partial charge in [0.15, 0.2) is 0 Å². The highest BCUT2D eigenvalue weighted by Gasteiger charge is 2.34. The largest absolute Gasteiger partial charge is 0.469 e. The first kappa shape index (κ1) is 8.24. The molecule has 0 radical (unpaired) electrons. The standard InChI is InChI=1S/C8H12O3/c1-5-3-6(4-7(5)9)8(10)11-2/h5-6H,3-4H2,1-2H3. The Labute approximate surface area is 65.7 Å². The number of hydrogen-bond acceptors (Lipinski definition) is 3. The summed E-state index contributed by atoms with van der Waals surface area (Å²) in [5, 5.41) is 0. The Bertz CT molecular complexity index is 186. The molecule has 0 amide bonds. The van der Waals surface area contributed by atoms with Crippen LogP contribution in [0.15, 0.2) is 0 Å². The zero-order valence-electron chi connectivity index (χ0n) is 6.79. The van der Waals surface area contributed by atoms with Crippen LogP contribution >= 0.6 is 0 Å². The molecule has 0 N–H and O–H groups in total. The first-order chi connectivity index (χ1) is 5.15. The molecule has 1 rings (SSSR count). The van der Waals surface area contributed by atoms with Gasteiger partial charge in [0.05, 0.1) is 13.0 Å². The molecule has 0 aromatic carbocycles. The van der Waals surface area contributed by atoms with Crippen LogP contribution in [0.25, 0.3) is 0 Å². The maximum atomic E-state index is 11.0. The second-order valence-electron chi connectivity index (χ2n) is 3.03. The van der Waals surface area contributed by atoms with Gasteiger partial charge in [-0.2, -0.15) is 0 Å². The lowest BCUT2D eigenvalue weighted by Crippen LogP contribution is -2.12. The molecule has 3 nitrogen and oxygen atoms in total. The Kier molecular flexibility index (Phi) is 2.27. The monoisotopic (exact) mass is 156 g/mol. The van der Waals surface area contributed by atoms with Crippen LogP contribution in [0.3, 0.4) is 0 Å². The zero-order valence-corrected chi connectivity index (χ0v) is 6.79. The molecule has 0 aliphatic heterocycles. The molecule has 3 heteroatoms. The van der Waals surface area contributed by atoms with Gasteiger partial charge in [0.2, 0.25) is 0 Å². The van der Waals surface area contributed by atoms with Gasteiger partial charge in [0, 0.05) is 12.3 Å². The second kappa shape index (κ2) is 3.03. The lowest BCUT2D eigenvalue weighted by molar-refractivity contribution is -0.145. The van der Waals surface area contributed by atoms with Gasteiger partial charge in [0.1, 0.15) is 5.78 Å². The van der Waals surface area contributed by atoms with Crippen molar-refractivity contribution in [3.8, 4) is 0 Å². The summed E-state index contributed by atoms with van der Waals surface area (Å²) in [6.07, 6.45) is 1.03. The van der Waals surface area contributed by atoms with Crippen molar-refractivity contribution in [2.75, 3.05) is 7.11 Å². The maximum absolute atomic E-state index is 11.0. The normalized spacial score (nSPS) is 30.5. The summed E-state index contributed by atoms with van der Waals surface area (Å²) in [7, 11) is 1.36. The first-order valence-electron chi connectivity index (χ1n) is 3.75. The van der Waals surface area contributed by atoms with Crippen LogP contribution in [0, 0.1) is 11.8 Å². The average Bonchev–Trinajstić information content (AvgIpc) is 2.31. The van der Waals surface area contributed by atoms with Crippen LogP contribution in [0.1, 0.15) is 19.8 Å². The van der Waals surface area contributed by atoms with E-state index in [1.54, 1.807) is 0 Å². The fraction of sp³-hybridized carbons (Fsp3) is 0.750. The fourth-order valence-electron chi connectivity index (χ4n) is 1.43. The van der Waals surface area contributed by atoms with Gasteiger partial charge in [0.25, 0.3) is 0 Å². The van der Waals surface area contributed by atoms with Crippen LogP contribution in [-0.4, -0.2) is 18.9 Å². The molecule has 11 heavy (non-hydrogen) atoms. The van der Waals surface area contributed by atoms with Crippen molar-refractivity contribution in [2.45, 2.75) is 19.8 Å². The molecule has 0 aromatic rings. The van der Waals surface area contributed by atoms with Crippen molar-refractivity contribution in [3.05, 3.63) is 0 Å². The van der Waals surface area contributed by atoms with Crippen LogP contribution in [0.5, 0.6) is 0 Å². The van der Waals surface area contributed by atoms with Crippen LogP contribution in [0.2, 0.25) is 0 Å². The summed E-state index contributed by atoms with van der Waals surface area (Å²) in [4.78, 5) is 21.9. The average molecular weight is 156 g/mol. The summed E-state index contributed by atoms with van der Waals surface area (Å²) < 4.78 is 4.54. The summed E-state index contributed by atoms with van der Waals surface area (Å²) >= 11 is 0. The van der Waals surface area contributed by atoms with Gasteiger partial charge < -0.3 is 4.74 Å². The minimum absolute atomic E-state index is 0.0408. The van der Waals surface area contributed by atoms with E-state index < -0.39 is 0 Å². The third kappa shape index (κ3) is 1.59. The van der Waals surface area contributed by atoms with E-state index in [-0.39, 0.29) is 23.6 Å². The number of hydrogen-bond donors (Lipinski definition) is 0. The van der Waals surface area contributed by atoms with Crippen molar-refractivity contribution in [1.82, 2.24) is 0 Å². The number of carbonyl (C=O) groups excluding carboxylic acids is 2. The highest BCUT2D eigenvalue weighted by atomic mass is 16.5. The molecule has 0 saturated heterocycles. The number of Topliss-reactive ketones (excluding diaryl/α,β-unsaturated/α-hetero) is 1. The molecule has 2 unspecified atom stereocenters. The fourth-order valence-corrected chi connectivity index (χ4v) is 1.43. The molecule has 2 atom stereocenters. The molecule has 0 bridgehead atoms. The van der Waals surface area contributed by atoms with Crippen molar-refractivity contribution >= 4 is 11.8 Å². The zero-order chi connectivity index (χ0) is 8.43. The highest BCUT2D eigenvalue weighted by molar-refractivity contribution is 5.89. The quantitative estimate of drug-likeness (QED) is 0.527. The molecule has 0 aromatic heterocycles. The van der Waals surface area contributed by atoms with Crippen LogP contribution < -0.4 is 0 Å². The summed E-state index contributed by atoms with van der Waals surface area (Å²) in [6, 6.07) is 0. The molecule has 1 fully saturated rings. The minimum atomic E-state index is -0.247. The smallest absolute Gasteiger partial charge is 0.309 e. The van der Waals surface area contributed by atoms with Crippen molar-refractivity contribution in [3.63, 3.8) is 0 Å². The molecule has 0 spiro atoms. The molecule has 62 valence electrons. The predicted octanol–water partition coefficient (Wildman–Crippen LogP) is 0.775. The molecule has 1 aliphatic rings. The second-order valence-corrected chi connectivity index (χ2v) is 3.03. The van der Waals surface area contributed by atoms with E-state index in [2.05, 4.69) is 4.74 Å². The molecular weight excluding hydrogens is 144 g/mol. The van der Waals surface area contributed by atoms with Gasteiger partial charge in [-0.05, 0) is 6.42 Å². The predicted molar refractivity (Wildman–Crippen MR) is 38.9 cm³/mol. The topological polar surface area (TPSA) is 43.4 Å². The Morgan fingerprint density at radius 2 is 2.27 bits per heavy atom. The first-order valence-corrected chi connectivity index (χ1v) is 3.75. The van der Waals surface area contributed by atoms with Gasteiger partial charge in [-0.15, -0.1) is 0 Å². The van der Waals surface area contributed by atoms with Gasteiger partial charge in [-0.3, -0.25) is 9.59 Å². The van der Waals surface area contributed by atoms with Gasteiger partial charge in [-0.1, -0.05) is 6.92 Å². The van der Waals surface area contributed by atoms with Gasteiger partial charge in [-0.25, -0.2) is 0 Å². The summed E-state index contributed by atoms with van der Waals surface area (Å²) in [5.41, 5.74) is 0. The number of carbonyl (C=O) groups is 2. The minimum Gasteiger partial charge on any atom is -0.469 e. The molecular formula is C8H12O3. The van der Waals surface area contributed by atoms with Gasteiger partial charge >= 0.3 is 5.97 Å². The lowest BCUT2D eigenvalue weighted by Gasteiger charge is -2.03. The third-order valence-electron chi connectivity index (χ3n) is 2.17. The lowest BCUT2D eigenvalue weighted by atomic mass is 10.1. The van der Waals surface area contributed by atoms with Crippen molar-refractivity contribution in [1.29, 1.82) is 0 Å². The highest BCUT2D eigenvalue weighted by Crippen LogP contribution is 2.27. The van der Waals surface area contributed by atoms with E-state index >= 15 is 0 Å². The van der Waals surface area contributed by atoms with E-state index in [9.17, 15) is 9.59 Å². The van der Waals surface area contributed by atoms with E-state index in [1.807, 2.05) is 6.92 Å². The molecule has 1 saturated carbocycles. The van der Waals surface area contributed by atoms with Crippen LogP contribution in [0.4, 0.5) is 0 Å². The third-order valence-corrected chi connectivity index (χ3v) is 2.17. The molecule has 1 aliphatic carbocycles. The van der Waals surface area contributed by atoms with E-state index in [0.717, 1.165) is 0 Å². The number of methoxy groups -OCH3 is 1. The van der Waals surface area contributed by atoms with E-state index in [4.69, 9.17) is 0 Å². The summed E-state index contributed by atoms with van der Waals surface area (Å²) in [6.45, 7) is 1.85. The van der Waals surface area contributed by atoms with Crippen molar-refractivity contribution in [2.24, 2.45) is 11.8 Å². The Hall–Kier alpha value is -0.860. The molecule has 0 heterocycles. The maximum Gasteiger partial charge on any atom is 0.309 e. The number of ketones is 1. The Morgan fingerprint density at radius 3 is 2.64 bits per heavy atom. The Morgan fingerprint density at radius 1 is 1.64 bits per heavy atom. The summed E-state index contributed by atoms with van der Waals surface area (Å²) in [5.74, 6) is -0.204. The van der Waals surface area contributed by atoms with E-state index in [1.165, 1.54) is 7.11 Å². The number of esters is 1.